The molecule has 0 spiro atoms. The number of piperidine rings is 1. The minimum atomic E-state index is -0.151. The molecule has 1 aromatic heterocycles. The number of benzene rings is 1. The van der Waals surface area contributed by atoms with Crippen LogP contribution in [-0.2, 0) is 22.7 Å². The van der Waals surface area contributed by atoms with E-state index in [4.69, 9.17) is 9.47 Å². The Hall–Kier alpha value is -2.94. The molecule has 0 bridgehead atoms. The molecular weight excluding hydrogens is 422 g/mol. The van der Waals surface area contributed by atoms with Crippen molar-refractivity contribution in [2.24, 2.45) is 5.92 Å². The molecule has 1 atom stereocenters. The van der Waals surface area contributed by atoms with Gasteiger partial charge in [0.15, 0.2) is 5.69 Å². The highest BCUT2D eigenvalue weighted by atomic mass is 16.5. The summed E-state index contributed by atoms with van der Waals surface area (Å²) in [6, 6.07) is 8.10. The second kappa shape index (κ2) is 9.51. The van der Waals surface area contributed by atoms with E-state index in [1.807, 2.05) is 24.3 Å². The van der Waals surface area contributed by atoms with Crippen LogP contribution in [0.5, 0.6) is 5.75 Å². The van der Waals surface area contributed by atoms with Gasteiger partial charge >= 0.3 is 0 Å². The average molecular weight is 454 g/mol. The van der Waals surface area contributed by atoms with E-state index in [0.717, 1.165) is 24.2 Å². The van der Waals surface area contributed by atoms with Gasteiger partial charge in [-0.05, 0) is 43.4 Å². The summed E-state index contributed by atoms with van der Waals surface area (Å²) in [7, 11) is 1.64. The van der Waals surface area contributed by atoms with Gasteiger partial charge in [-0.1, -0.05) is 30.2 Å². The first kappa shape index (κ1) is 21.9. The molecule has 1 saturated carbocycles. The Morgan fingerprint density at radius 3 is 2.52 bits per heavy atom. The van der Waals surface area contributed by atoms with Crippen molar-refractivity contribution < 1.29 is 19.1 Å². The summed E-state index contributed by atoms with van der Waals surface area (Å²) in [5.74, 6) is 0.798. The maximum atomic E-state index is 13.2. The molecule has 0 radical (unpaired) electrons. The van der Waals surface area contributed by atoms with E-state index in [1.54, 1.807) is 16.7 Å². The van der Waals surface area contributed by atoms with Crippen LogP contribution in [-0.4, -0.2) is 57.9 Å². The van der Waals surface area contributed by atoms with Gasteiger partial charge in [0, 0.05) is 25.0 Å². The SMILES string of the molecule is COc1ccc(C2Cn3nnc(C(=O)N4CCC(C(=O)NC5CCCC5)CC4)c3CO2)cc1. The van der Waals surface area contributed by atoms with E-state index >= 15 is 0 Å². The van der Waals surface area contributed by atoms with Crippen LogP contribution in [0.1, 0.15) is 66.4 Å². The molecule has 33 heavy (non-hydrogen) atoms. The number of carbonyl (C=O) groups excluding carboxylic acids is 2. The summed E-state index contributed by atoms with van der Waals surface area (Å²) in [6.07, 6.45) is 5.79. The number of fused-ring (bicyclic) bond motifs is 1. The molecule has 2 fully saturated rings. The Labute approximate surface area is 193 Å². The highest BCUT2D eigenvalue weighted by molar-refractivity contribution is 5.93. The van der Waals surface area contributed by atoms with Crippen molar-refractivity contribution in [1.82, 2.24) is 25.2 Å². The lowest BCUT2D eigenvalue weighted by molar-refractivity contribution is -0.127. The predicted molar refractivity (Wildman–Crippen MR) is 120 cm³/mol. The van der Waals surface area contributed by atoms with Crippen molar-refractivity contribution in [1.29, 1.82) is 0 Å². The number of likely N-dealkylation sites (tertiary alicyclic amines) is 1. The third kappa shape index (κ3) is 4.59. The zero-order valence-electron chi connectivity index (χ0n) is 19.0. The molecule has 1 aliphatic carbocycles. The first-order valence-corrected chi connectivity index (χ1v) is 11.9. The lowest BCUT2D eigenvalue weighted by Gasteiger charge is -2.32. The lowest BCUT2D eigenvalue weighted by Crippen LogP contribution is -2.45. The highest BCUT2D eigenvalue weighted by Gasteiger charge is 2.33. The summed E-state index contributed by atoms with van der Waals surface area (Å²) in [5, 5.41) is 11.6. The number of ether oxygens (including phenoxy) is 2. The molecule has 1 N–H and O–H groups in total. The molecule has 1 unspecified atom stereocenters. The highest BCUT2D eigenvalue weighted by Crippen LogP contribution is 2.29. The van der Waals surface area contributed by atoms with Crippen molar-refractivity contribution >= 4 is 11.8 Å². The average Bonchev–Trinajstić information content (AvgIpc) is 3.53. The maximum Gasteiger partial charge on any atom is 0.276 e. The largest absolute Gasteiger partial charge is 0.497 e. The van der Waals surface area contributed by atoms with Crippen LogP contribution in [0.25, 0.3) is 0 Å². The second-order valence-corrected chi connectivity index (χ2v) is 9.20. The maximum absolute atomic E-state index is 13.2. The van der Waals surface area contributed by atoms with Gasteiger partial charge in [0.05, 0.1) is 26.0 Å². The van der Waals surface area contributed by atoms with Crippen LogP contribution in [0.15, 0.2) is 24.3 Å². The van der Waals surface area contributed by atoms with Crippen molar-refractivity contribution in [3.05, 3.63) is 41.2 Å². The molecule has 3 aliphatic rings. The normalized spacial score (nSPS) is 21.6. The van der Waals surface area contributed by atoms with Gasteiger partial charge in [-0.2, -0.15) is 0 Å². The molecule has 9 nitrogen and oxygen atoms in total. The van der Waals surface area contributed by atoms with Gasteiger partial charge < -0.3 is 19.7 Å². The van der Waals surface area contributed by atoms with Crippen LogP contribution in [0, 0.1) is 5.92 Å². The third-order valence-electron chi connectivity index (χ3n) is 7.14. The van der Waals surface area contributed by atoms with E-state index in [-0.39, 0.29) is 30.4 Å². The fourth-order valence-electron chi connectivity index (χ4n) is 5.08. The zero-order valence-corrected chi connectivity index (χ0v) is 19.0. The molecule has 3 heterocycles. The standard InChI is InChI=1S/C24H31N5O4/c1-32-19-8-6-16(7-9-19)21-14-29-20(15-33-21)22(26-27-29)24(31)28-12-10-17(11-13-28)23(30)25-18-4-2-3-5-18/h6-9,17-18,21H,2-5,10-15H2,1H3,(H,25,30). The van der Waals surface area contributed by atoms with Crippen LogP contribution in [0.4, 0.5) is 0 Å². The quantitative estimate of drug-likeness (QED) is 0.747. The Morgan fingerprint density at radius 1 is 1.09 bits per heavy atom. The van der Waals surface area contributed by atoms with E-state index in [0.29, 0.717) is 49.9 Å². The monoisotopic (exact) mass is 453 g/mol. The van der Waals surface area contributed by atoms with Gasteiger partial charge in [-0.15, -0.1) is 5.10 Å². The first-order chi connectivity index (χ1) is 16.1. The minimum absolute atomic E-state index is 0.0164. The van der Waals surface area contributed by atoms with Crippen molar-refractivity contribution in [2.45, 2.75) is 63.8 Å². The molecular formula is C24H31N5O4. The second-order valence-electron chi connectivity index (χ2n) is 9.20. The Balaban J connectivity index is 1.18. The van der Waals surface area contributed by atoms with E-state index in [1.165, 1.54) is 12.8 Å². The molecule has 5 rings (SSSR count). The number of carbonyl (C=O) groups is 2. The smallest absolute Gasteiger partial charge is 0.276 e. The van der Waals surface area contributed by atoms with Crippen LogP contribution in [0.2, 0.25) is 0 Å². The fraction of sp³-hybridized carbons (Fsp3) is 0.583. The summed E-state index contributed by atoms with van der Waals surface area (Å²) in [6.45, 7) is 1.91. The van der Waals surface area contributed by atoms with E-state index < -0.39 is 0 Å². The summed E-state index contributed by atoms with van der Waals surface area (Å²) >= 11 is 0. The summed E-state index contributed by atoms with van der Waals surface area (Å²) in [5.41, 5.74) is 2.10. The van der Waals surface area contributed by atoms with Crippen molar-refractivity contribution in [2.75, 3.05) is 20.2 Å². The molecule has 1 aromatic carbocycles. The van der Waals surface area contributed by atoms with Gasteiger partial charge in [-0.3, -0.25) is 9.59 Å². The van der Waals surface area contributed by atoms with Crippen LogP contribution >= 0.6 is 0 Å². The number of nitrogens with one attached hydrogen (secondary N) is 1. The summed E-state index contributed by atoms with van der Waals surface area (Å²) in [4.78, 5) is 27.5. The molecule has 1 saturated heterocycles. The van der Waals surface area contributed by atoms with Crippen molar-refractivity contribution in [3.8, 4) is 5.75 Å². The predicted octanol–water partition coefficient (Wildman–Crippen LogP) is 2.47. The van der Waals surface area contributed by atoms with Gasteiger partial charge in [-0.25, -0.2) is 4.68 Å². The number of amides is 2. The number of methoxy groups -OCH3 is 1. The molecule has 2 aromatic rings. The number of aromatic nitrogens is 3. The van der Waals surface area contributed by atoms with Gasteiger partial charge in [0.2, 0.25) is 5.91 Å². The minimum Gasteiger partial charge on any atom is -0.497 e. The number of rotatable bonds is 5. The van der Waals surface area contributed by atoms with Gasteiger partial charge in [0.25, 0.3) is 5.91 Å². The molecule has 9 heteroatoms. The topological polar surface area (TPSA) is 98.6 Å². The number of nitrogens with zero attached hydrogens (tertiary/aromatic N) is 4. The summed E-state index contributed by atoms with van der Waals surface area (Å²) < 4.78 is 13.0. The van der Waals surface area contributed by atoms with Crippen LogP contribution in [0.3, 0.4) is 0 Å². The van der Waals surface area contributed by atoms with Gasteiger partial charge in [0.1, 0.15) is 11.9 Å². The molecule has 2 aliphatic heterocycles. The number of hydrogen-bond acceptors (Lipinski definition) is 6. The molecule has 176 valence electrons. The Morgan fingerprint density at radius 2 is 1.82 bits per heavy atom. The molecule has 2 amide bonds. The zero-order chi connectivity index (χ0) is 22.8. The number of hydrogen-bond donors (Lipinski definition) is 1. The van der Waals surface area contributed by atoms with E-state index in [2.05, 4.69) is 15.6 Å². The van der Waals surface area contributed by atoms with Crippen LogP contribution < -0.4 is 10.1 Å². The van der Waals surface area contributed by atoms with Crippen molar-refractivity contribution in [3.63, 3.8) is 0 Å². The Kier molecular flexibility index (Phi) is 6.30. The lowest BCUT2D eigenvalue weighted by atomic mass is 9.95. The Bertz CT molecular complexity index is 991. The van der Waals surface area contributed by atoms with E-state index in [9.17, 15) is 9.59 Å². The third-order valence-corrected chi connectivity index (χ3v) is 7.14. The first-order valence-electron chi connectivity index (χ1n) is 11.9. The fourth-order valence-corrected chi connectivity index (χ4v) is 5.08.